The van der Waals surface area contributed by atoms with Crippen LogP contribution < -0.4 is 11.0 Å². The van der Waals surface area contributed by atoms with Crippen molar-refractivity contribution in [3.8, 4) is 0 Å². The van der Waals surface area contributed by atoms with Gasteiger partial charge in [-0.05, 0) is 17.7 Å². The van der Waals surface area contributed by atoms with Crippen LogP contribution in [0.3, 0.4) is 0 Å². The molecule has 0 saturated heterocycles. The number of amides is 1. The van der Waals surface area contributed by atoms with Crippen LogP contribution in [0.4, 0.5) is 0 Å². The van der Waals surface area contributed by atoms with Gasteiger partial charge >= 0.3 is 5.69 Å². The van der Waals surface area contributed by atoms with E-state index in [2.05, 4.69) is 20.4 Å². The topological polar surface area (TPSA) is 92.7 Å². The summed E-state index contributed by atoms with van der Waals surface area (Å²) in [6.07, 6.45) is 3.53. The summed E-state index contributed by atoms with van der Waals surface area (Å²) in [5.74, 6) is -0.396. The highest BCUT2D eigenvalue weighted by atomic mass is 16.2. The van der Waals surface area contributed by atoms with Crippen LogP contribution in [0.2, 0.25) is 0 Å². The van der Waals surface area contributed by atoms with E-state index in [1.54, 1.807) is 16.9 Å². The van der Waals surface area contributed by atoms with Crippen LogP contribution in [0.25, 0.3) is 0 Å². The molecule has 0 aliphatic heterocycles. The maximum absolute atomic E-state index is 12.8. The summed E-state index contributed by atoms with van der Waals surface area (Å²) >= 11 is 0. The summed E-state index contributed by atoms with van der Waals surface area (Å²) < 4.78 is 1.75. The van der Waals surface area contributed by atoms with Gasteiger partial charge in [-0.25, -0.2) is 4.79 Å². The highest BCUT2D eigenvalue weighted by Crippen LogP contribution is 2.20. The maximum Gasteiger partial charge on any atom is 0.345 e. The van der Waals surface area contributed by atoms with E-state index in [1.807, 2.05) is 63.4 Å². The first-order valence-corrected chi connectivity index (χ1v) is 8.78. The number of nitrogens with one attached hydrogen (secondary N) is 2. The number of hydrogen-bond acceptors (Lipinski definition) is 4. The van der Waals surface area contributed by atoms with Gasteiger partial charge in [0, 0.05) is 23.5 Å². The van der Waals surface area contributed by atoms with Crippen molar-refractivity contribution in [1.29, 1.82) is 0 Å². The molecule has 1 amide bonds. The Morgan fingerprint density at radius 1 is 1.22 bits per heavy atom. The molecule has 27 heavy (non-hydrogen) atoms. The van der Waals surface area contributed by atoms with Crippen molar-refractivity contribution in [2.45, 2.75) is 38.8 Å². The number of benzene rings is 1. The van der Waals surface area contributed by atoms with Crippen molar-refractivity contribution in [3.05, 3.63) is 82.3 Å². The number of nitrogens with zero attached hydrogens (tertiary/aromatic N) is 3. The van der Waals surface area contributed by atoms with Crippen LogP contribution >= 0.6 is 0 Å². The second kappa shape index (κ2) is 7.57. The van der Waals surface area contributed by atoms with E-state index in [0.717, 1.165) is 5.56 Å². The van der Waals surface area contributed by atoms with Gasteiger partial charge in [-0.15, -0.1) is 0 Å². The molecule has 2 N–H and O–H groups in total. The average Bonchev–Trinajstić information content (AvgIpc) is 3.13. The zero-order chi connectivity index (χ0) is 19.4. The lowest BCUT2D eigenvalue weighted by Crippen LogP contribution is -2.34. The number of H-pyrrole nitrogens is 1. The van der Waals surface area contributed by atoms with E-state index in [9.17, 15) is 9.59 Å². The fourth-order valence-electron chi connectivity index (χ4n) is 2.73. The van der Waals surface area contributed by atoms with Crippen molar-refractivity contribution in [2.75, 3.05) is 0 Å². The summed E-state index contributed by atoms with van der Waals surface area (Å²) in [7, 11) is 0. The molecule has 0 saturated carbocycles. The minimum Gasteiger partial charge on any atom is -0.342 e. The predicted octanol–water partition coefficient (Wildman–Crippen LogP) is 2.44. The summed E-state index contributed by atoms with van der Waals surface area (Å²) in [5, 5.41) is 7.20. The Morgan fingerprint density at radius 3 is 2.59 bits per heavy atom. The molecule has 0 unspecified atom stereocenters. The molecular formula is C20H23N5O2. The van der Waals surface area contributed by atoms with E-state index in [1.165, 1.54) is 0 Å². The van der Waals surface area contributed by atoms with E-state index < -0.39 is 11.6 Å². The molecule has 140 valence electrons. The average molecular weight is 365 g/mol. The number of rotatable bonds is 5. The van der Waals surface area contributed by atoms with Crippen LogP contribution in [0.5, 0.6) is 0 Å². The summed E-state index contributed by atoms with van der Waals surface area (Å²) in [6.45, 7) is 6.36. The number of aromatic amines is 1. The molecule has 3 rings (SSSR count). The lowest BCUT2D eigenvalue weighted by Gasteiger charge is -2.21. The van der Waals surface area contributed by atoms with E-state index in [4.69, 9.17) is 0 Å². The van der Waals surface area contributed by atoms with Gasteiger partial charge in [0.2, 0.25) is 0 Å². The number of hydrogen-bond donors (Lipinski definition) is 2. The molecule has 0 bridgehead atoms. The van der Waals surface area contributed by atoms with Gasteiger partial charge in [0.25, 0.3) is 5.91 Å². The molecule has 1 aromatic carbocycles. The minimum atomic E-state index is -0.532. The van der Waals surface area contributed by atoms with Crippen molar-refractivity contribution >= 4 is 5.91 Å². The molecule has 7 nitrogen and oxygen atoms in total. The summed E-state index contributed by atoms with van der Waals surface area (Å²) in [4.78, 5) is 31.3. The van der Waals surface area contributed by atoms with Crippen LogP contribution in [0.15, 0.2) is 59.7 Å². The zero-order valence-corrected chi connectivity index (χ0v) is 15.6. The third-order valence-corrected chi connectivity index (χ3v) is 4.22. The minimum absolute atomic E-state index is 0.102. The molecule has 2 heterocycles. The van der Waals surface area contributed by atoms with E-state index >= 15 is 0 Å². The van der Waals surface area contributed by atoms with Gasteiger partial charge in [-0.1, -0.05) is 51.1 Å². The third kappa shape index (κ3) is 4.69. The van der Waals surface area contributed by atoms with Gasteiger partial charge in [-0.3, -0.25) is 9.48 Å². The first-order chi connectivity index (χ1) is 12.8. The Kier molecular flexibility index (Phi) is 5.21. The maximum atomic E-state index is 12.8. The zero-order valence-electron chi connectivity index (χ0n) is 15.6. The standard InChI is InChI=1S/C20H23N5O2/c1-20(2,3)17-12-15(23-19(27)24-17)18(26)22-16(13-25-11-7-10-21-25)14-8-5-4-6-9-14/h4-12,16H,13H2,1-3H3,(H,22,26)(H,23,24,27)/t16-/m0/s1. The number of aromatic nitrogens is 4. The SMILES string of the molecule is CC(C)(C)c1cc(C(=O)N[C@@H](Cn2cccn2)c2ccccc2)nc(=O)[nH]1. The number of carbonyl (C=O) groups is 1. The largest absolute Gasteiger partial charge is 0.345 e. The van der Waals surface area contributed by atoms with Crippen molar-refractivity contribution in [3.63, 3.8) is 0 Å². The molecular weight excluding hydrogens is 342 g/mol. The lowest BCUT2D eigenvalue weighted by molar-refractivity contribution is 0.0926. The monoisotopic (exact) mass is 365 g/mol. The number of carbonyl (C=O) groups excluding carboxylic acids is 1. The Labute approximate surface area is 157 Å². The third-order valence-electron chi connectivity index (χ3n) is 4.22. The first kappa shape index (κ1) is 18.6. The van der Waals surface area contributed by atoms with Gasteiger partial charge in [0.05, 0.1) is 12.6 Å². The molecule has 7 heteroatoms. The fourth-order valence-corrected chi connectivity index (χ4v) is 2.73. The van der Waals surface area contributed by atoms with Crippen LogP contribution in [0, 0.1) is 0 Å². The highest BCUT2D eigenvalue weighted by Gasteiger charge is 2.21. The molecule has 3 aromatic rings. The van der Waals surface area contributed by atoms with Crippen LogP contribution in [0.1, 0.15) is 48.6 Å². The van der Waals surface area contributed by atoms with Crippen LogP contribution in [-0.2, 0) is 12.0 Å². The Hall–Kier alpha value is -3.22. The molecule has 0 aliphatic rings. The quantitative estimate of drug-likeness (QED) is 0.726. The van der Waals surface area contributed by atoms with Crippen molar-refractivity contribution < 1.29 is 4.79 Å². The lowest BCUT2D eigenvalue weighted by atomic mass is 9.91. The molecule has 2 aromatic heterocycles. The van der Waals surface area contributed by atoms with E-state index in [-0.39, 0.29) is 17.2 Å². The molecule has 0 radical (unpaired) electrons. The van der Waals surface area contributed by atoms with Crippen LogP contribution in [-0.4, -0.2) is 25.7 Å². The van der Waals surface area contributed by atoms with Gasteiger partial charge in [-0.2, -0.15) is 10.1 Å². The normalized spacial score (nSPS) is 12.6. The Balaban J connectivity index is 1.88. The second-order valence-corrected chi connectivity index (χ2v) is 7.40. The first-order valence-electron chi connectivity index (χ1n) is 8.78. The van der Waals surface area contributed by atoms with Gasteiger partial charge < -0.3 is 10.3 Å². The molecule has 0 spiro atoms. The van der Waals surface area contributed by atoms with Gasteiger partial charge in [0.15, 0.2) is 0 Å². The highest BCUT2D eigenvalue weighted by molar-refractivity contribution is 5.92. The van der Waals surface area contributed by atoms with Crippen molar-refractivity contribution in [1.82, 2.24) is 25.1 Å². The van der Waals surface area contributed by atoms with Crippen molar-refractivity contribution in [2.24, 2.45) is 0 Å². The summed E-state index contributed by atoms with van der Waals surface area (Å²) in [6, 6.07) is 12.8. The van der Waals surface area contributed by atoms with E-state index in [0.29, 0.717) is 12.2 Å². The molecule has 0 aliphatic carbocycles. The predicted molar refractivity (Wildman–Crippen MR) is 102 cm³/mol. The smallest absolute Gasteiger partial charge is 0.342 e. The Morgan fingerprint density at radius 2 is 1.96 bits per heavy atom. The molecule has 0 fully saturated rings. The van der Waals surface area contributed by atoms with Gasteiger partial charge in [0.1, 0.15) is 5.69 Å². The Bertz CT molecular complexity index is 956. The fraction of sp³-hybridized carbons (Fsp3) is 0.300. The summed E-state index contributed by atoms with van der Waals surface area (Å²) in [5.41, 5.74) is 0.879. The second-order valence-electron chi connectivity index (χ2n) is 7.40. The molecule has 1 atom stereocenters.